The van der Waals surface area contributed by atoms with E-state index in [0.29, 0.717) is 16.9 Å². The smallest absolute Gasteiger partial charge is 0.256 e. The number of phenols is 1. The highest BCUT2D eigenvalue weighted by Crippen LogP contribution is 2.25. The first kappa shape index (κ1) is 20.6. The van der Waals surface area contributed by atoms with E-state index in [-0.39, 0.29) is 42.4 Å². The number of amides is 2. The molecule has 1 aliphatic rings. The van der Waals surface area contributed by atoms with Gasteiger partial charge in [0.15, 0.2) is 0 Å². The highest BCUT2D eigenvalue weighted by Gasteiger charge is 2.36. The fourth-order valence-electron chi connectivity index (χ4n) is 3.75. The first-order valence-corrected chi connectivity index (χ1v) is 9.48. The van der Waals surface area contributed by atoms with E-state index in [9.17, 15) is 19.1 Å². The molecular weight excluding hydrogens is 375 g/mol. The quantitative estimate of drug-likeness (QED) is 0.859. The standard InChI is InChI=1S/C22H25FN2O4/c1-13-5-6-16(9-20(13)26)21(27)25-14(2)11-24(12-15(25)3)22(28)18-8-7-17(29-4)10-19(18)23/h5-10,14-15,26H,11-12H2,1-4H3/t14-,15-/m1/s1. The van der Waals surface area contributed by atoms with Crippen molar-refractivity contribution in [3.05, 3.63) is 58.9 Å². The van der Waals surface area contributed by atoms with Crippen LogP contribution in [-0.4, -0.2) is 59.0 Å². The largest absolute Gasteiger partial charge is 0.508 e. The zero-order valence-electron chi connectivity index (χ0n) is 17.0. The number of nitrogens with zero attached hydrogens (tertiary/aromatic N) is 2. The molecule has 2 aromatic carbocycles. The summed E-state index contributed by atoms with van der Waals surface area (Å²) in [6.45, 7) is 6.05. The number of piperazine rings is 1. The van der Waals surface area contributed by atoms with Gasteiger partial charge in [-0.2, -0.15) is 0 Å². The van der Waals surface area contributed by atoms with Crippen molar-refractivity contribution in [2.75, 3.05) is 20.2 Å². The molecule has 0 saturated carbocycles. The van der Waals surface area contributed by atoms with Crippen LogP contribution in [0.5, 0.6) is 11.5 Å². The molecule has 1 saturated heterocycles. The number of rotatable bonds is 3. The topological polar surface area (TPSA) is 70.1 Å². The predicted octanol–water partition coefficient (Wildman–Crippen LogP) is 3.22. The Hall–Kier alpha value is -3.09. The van der Waals surface area contributed by atoms with Gasteiger partial charge < -0.3 is 19.6 Å². The summed E-state index contributed by atoms with van der Waals surface area (Å²) in [6, 6.07) is 8.46. The van der Waals surface area contributed by atoms with Crippen molar-refractivity contribution < 1.29 is 23.8 Å². The second-order valence-electron chi connectivity index (χ2n) is 7.47. The highest BCUT2D eigenvalue weighted by atomic mass is 19.1. The van der Waals surface area contributed by atoms with E-state index >= 15 is 0 Å². The van der Waals surface area contributed by atoms with Gasteiger partial charge in [0.25, 0.3) is 11.8 Å². The summed E-state index contributed by atoms with van der Waals surface area (Å²) in [5.41, 5.74) is 1.07. The summed E-state index contributed by atoms with van der Waals surface area (Å²) in [5, 5.41) is 9.92. The van der Waals surface area contributed by atoms with Gasteiger partial charge in [-0.3, -0.25) is 9.59 Å². The van der Waals surface area contributed by atoms with Crippen LogP contribution < -0.4 is 4.74 Å². The number of halogens is 1. The summed E-state index contributed by atoms with van der Waals surface area (Å²) in [7, 11) is 1.43. The van der Waals surface area contributed by atoms with Crippen molar-refractivity contribution >= 4 is 11.8 Å². The SMILES string of the molecule is COc1ccc(C(=O)N2C[C@@H](C)N(C(=O)c3ccc(C)c(O)c3)[C@H](C)C2)c(F)c1. The van der Waals surface area contributed by atoms with Crippen LogP contribution in [0.3, 0.4) is 0 Å². The van der Waals surface area contributed by atoms with Crippen LogP contribution in [0.2, 0.25) is 0 Å². The molecule has 0 aliphatic carbocycles. The maximum Gasteiger partial charge on any atom is 0.256 e. The molecule has 0 aromatic heterocycles. The van der Waals surface area contributed by atoms with E-state index in [4.69, 9.17) is 4.74 Å². The van der Waals surface area contributed by atoms with Gasteiger partial charge in [0.2, 0.25) is 0 Å². The lowest BCUT2D eigenvalue weighted by Crippen LogP contribution is -2.59. The Morgan fingerprint density at radius 1 is 1.07 bits per heavy atom. The molecule has 0 bridgehead atoms. The summed E-state index contributed by atoms with van der Waals surface area (Å²) in [6.07, 6.45) is 0. The normalized spacial score (nSPS) is 19.2. The lowest BCUT2D eigenvalue weighted by Gasteiger charge is -2.44. The van der Waals surface area contributed by atoms with Crippen molar-refractivity contribution in [1.29, 1.82) is 0 Å². The molecular formula is C22H25FN2O4. The zero-order valence-corrected chi connectivity index (χ0v) is 17.0. The number of aryl methyl sites for hydroxylation is 1. The number of carbonyl (C=O) groups excluding carboxylic acids is 2. The third-order valence-electron chi connectivity index (χ3n) is 5.30. The Balaban J connectivity index is 1.78. The summed E-state index contributed by atoms with van der Waals surface area (Å²) in [4.78, 5) is 29.1. The molecule has 0 unspecified atom stereocenters. The molecule has 2 amide bonds. The van der Waals surface area contributed by atoms with Gasteiger partial charge >= 0.3 is 0 Å². The first-order valence-electron chi connectivity index (χ1n) is 9.48. The number of methoxy groups -OCH3 is 1. The molecule has 1 aliphatic heterocycles. The molecule has 3 rings (SSSR count). The van der Waals surface area contributed by atoms with Gasteiger partial charge in [0, 0.05) is 36.8 Å². The Morgan fingerprint density at radius 3 is 2.28 bits per heavy atom. The minimum absolute atomic E-state index is 0.0200. The summed E-state index contributed by atoms with van der Waals surface area (Å²) < 4.78 is 19.3. The molecule has 1 fully saturated rings. The summed E-state index contributed by atoms with van der Waals surface area (Å²) >= 11 is 0. The number of benzene rings is 2. The van der Waals surface area contributed by atoms with Crippen molar-refractivity contribution in [3.8, 4) is 11.5 Å². The molecule has 0 radical (unpaired) electrons. The first-order chi connectivity index (χ1) is 13.7. The highest BCUT2D eigenvalue weighted by molar-refractivity contribution is 5.97. The Morgan fingerprint density at radius 2 is 1.72 bits per heavy atom. The minimum Gasteiger partial charge on any atom is -0.508 e. The van der Waals surface area contributed by atoms with Gasteiger partial charge in [-0.15, -0.1) is 0 Å². The Bertz CT molecular complexity index is 934. The van der Waals surface area contributed by atoms with E-state index < -0.39 is 11.7 Å². The van der Waals surface area contributed by atoms with E-state index in [1.165, 1.54) is 25.3 Å². The van der Waals surface area contributed by atoms with Crippen LogP contribution >= 0.6 is 0 Å². The molecule has 2 aromatic rings. The number of aromatic hydroxyl groups is 1. The number of ether oxygens (including phenoxy) is 1. The van der Waals surface area contributed by atoms with Crippen LogP contribution in [0, 0.1) is 12.7 Å². The summed E-state index contributed by atoms with van der Waals surface area (Å²) in [5.74, 6) is -0.840. The van der Waals surface area contributed by atoms with Gasteiger partial charge in [-0.25, -0.2) is 4.39 Å². The zero-order chi connectivity index (χ0) is 21.3. The van der Waals surface area contributed by atoms with Crippen LogP contribution in [0.4, 0.5) is 4.39 Å². The molecule has 6 nitrogen and oxygen atoms in total. The van der Waals surface area contributed by atoms with Crippen LogP contribution in [0.25, 0.3) is 0 Å². The minimum atomic E-state index is -0.636. The molecule has 1 N–H and O–H groups in total. The average Bonchev–Trinajstić information content (AvgIpc) is 2.68. The maximum absolute atomic E-state index is 14.3. The Kier molecular flexibility index (Phi) is 5.77. The number of carbonyl (C=O) groups is 2. The number of hydrogen-bond donors (Lipinski definition) is 1. The second-order valence-corrected chi connectivity index (χ2v) is 7.47. The monoisotopic (exact) mass is 400 g/mol. The molecule has 0 spiro atoms. The van der Waals surface area contributed by atoms with Crippen molar-refractivity contribution in [2.45, 2.75) is 32.9 Å². The fraction of sp³-hybridized carbons (Fsp3) is 0.364. The van der Waals surface area contributed by atoms with E-state index in [0.717, 1.165) is 0 Å². The lowest BCUT2D eigenvalue weighted by atomic mass is 10.0. The molecule has 2 atom stereocenters. The van der Waals surface area contributed by atoms with Crippen molar-refractivity contribution in [1.82, 2.24) is 9.80 Å². The number of hydrogen-bond acceptors (Lipinski definition) is 4. The number of phenolic OH excluding ortho intramolecular Hbond substituents is 1. The van der Waals surface area contributed by atoms with Crippen molar-refractivity contribution in [2.24, 2.45) is 0 Å². The molecule has 7 heteroatoms. The van der Waals surface area contributed by atoms with Crippen LogP contribution in [0.1, 0.15) is 40.1 Å². The van der Waals surface area contributed by atoms with Crippen LogP contribution in [0.15, 0.2) is 36.4 Å². The van der Waals surface area contributed by atoms with Crippen molar-refractivity contribution in [3.63, 3.8) is 0 Å². The van der Waals surface area contributed by atoms with Gasteiger partial charge in [-0.1, -0.05) is 6.07 Å². The average molecular weight is 400 g/mol. The van der Waals surface area contributed by atoms with Gasteiger partial charge in [0.05, 0.1) is 12.7 Å². The Labute approximate surface area is 169 Å². The molecule has 1 heterocycles. The van der Waals surface area contributed by atoms with E-state index in [2.05, 4.69) is 0 Å². The lowest BCUT2D eigenvalue weighted by molar-refractivity contribution is 0.0252. The fourth-order valence-corrected chi connectivity index (χ4v) is 3.75. The van der Waals surface area contributed by atoms with Gasteiger partial charge in [-0.05, 0) is 50.6 Å². The van der Waals surface area contributed by atoms with Gasteiger partial charge in [0.1, 0.15) is 17.3 Å². The van der Waals surface area contributed by atoms with E-state index in [1.54, 1.807) is 34.9 Å². The third kappa shape index (κ3) is 4.04. The van der Waals surface area contributed by atoms with E-state index in [1.807, 2.05) is 13.8 Å². The van der Waals surface area contributed by atoms with Crippen LogP contribution in [-0.2, 0) is 0 Å². The predicted molar refractivity (Wildman–Crippen MR) is 107 cm³/mol. The second kappa shape index (κ2) is 8.11. The third-order valence-corrected chi connectivity index (χ3v) is 5.30. The molecule has 154 valence electrons. The maximum atomic E-state index is 14.3. The molecule has 29 heavy (non-hydrogen) atoms.